The number of piperidine rings is 1. The summed E-state index contributed by atoms with van der Waals surface area (Å²) in [6, 6.07) is 19.0. The average molecular weight is 495 g/mol. The number of ether oxygens (including phenoxy) is 1. The highest BCUT2D eigenvalue weighted by Crippen LogP contribution is 2.25. The molecule has 3 heterocycles. The normalized spacial score (nSPS) is 18.2. The first-order chi connectivity index (χ1) is 17.2. The van der Waals surface area contributed by atoms with Crippen LogP contribution in [0.15, 0.2) is 54.6 Å². The Kier molecular flexibility index (Phi) is 8.04. The molecule has 2 saturated heterocycles. The molecule has 2 aromatic carbocycles. The number of hydrogen-bond acceptors (Lipinski definition) is 4. The van der Waals surface area contributed by atoms with E-state index in [1.165, 1.54) is 22.2 Å². The zero-order valence-electron chi connectivity index (χ0n) is 20.3. The molecule has 186 valence electrons. The van der Waals surface area contributed by atoms with Crippen molar-refractivity contribution < 1.29 is 9.53 Å². The lowest BCUT2D eigenvalue weighted by Crippen LogP contribution is -2.44. The van der Waals surface area contributed by atoms with Crippen molar-refractivity contribution in [3.05, 3.63) is 70.9 Å². The van der Waals surface area contributed by atoms with Gasteiger partial charge in [0, 0.05) is 61.4 Å². The van der Waals surface area contributed by atoms with E-state index in [0.29, 0.717) is 0 Å². The number of hydrogen-bond donors (Lipinski definition) is 1. The number of morpholine rings is 1. The Morgan fingerprint density at radius 2 is 1.69 bits per heavy atom. The SMILES string of the molecule is O=C(NCCN1CCOCC1)C1CCN(Cc2cc3ccccc3n2Cc2ccc(Cl)cc2)CC1. The van der Waals surface area contributed by atoms with E-state index in [2.05, 4.69) is 62.1 Å². The van der Waals surface area contributed by atoms with E-state index in [9.17, 15) is 4.79 Å². The topological polar surface area (TPSA) is 49.7 Å². The molecule has 0 unspecified atom stereocenters. The van der Waals surface area contributed by atoms with Crippen molar-refractivity contribution in [2.75, 3.05) is 52.5 Å². The van der Waals surface area contributed by atoms with E-state index in [0.717, 1.165) is 83.4 Å². The van der Waals surface area contributed by atoms with Crippen LogP contribution in [-0.2, 0) is 22.6 Å². The zero-order chi connectivity index (χ0) is 24.0. The molecule has 1 amide bonds. The predicted octanol–water partition coefficient (Wildman–Crippen LogP) is 4.00. The zero-order valence-corrected chi connectivity index (χ0v) is 21.1. The maximum absolute atomic E-state index is 12.7. The Labute approximate surface area is 212 Å². The summed E-state index contributed by atoms with van der Waals surface area (Å²) < 4.78 is 7.81. The van der Waals surface area contributed by atoms with Gasteiger partial charge in [0.05, 0.1) is 13.2 Å². The molecule has 0 bridgehead atoms. The fraction of sp³-hybridized carbons (Fsp3) is 0.464. The van der Waals surface area contributed by atoms with Gasteiger partial charge in [0.25, 0.3) is 0 Å². The second kappa shape index (κ2) is 11.6. The summed E-state index contributed by atoms with van der Waals surface area (Å²) in [4.78, 5) is 17.6. The van der Waals surface area contributed by atoms with Gasteiger partial charge in [-0.25, -0.2) is 0 Å². The number of halogens is 1. The average Bonchev–Trinajstić information content (AvgIpc) is 3.23. The third-order valence-corrected chi connectivity index (χ3v) is 7.58. The molecule has 0 aliphatic carbocycles. The minimum absolute atomic E-state index is 0.121. The summed E-state index contributed by atoms with van der Waals surface area (Å²) in [5.41, 5.74) is 3.81. The Morgan fingerprint density at radius 3 is 2.46 bits per heavy atom. The number of aromatic nitrogens is 1. The summed E-state index contributed by atoms with van der Waals surface area (Å²) in [5.74, 6) is 0.339. The molecule has 1 aromatic heterocycles. The van der Waals surface area contributed by atoms with Crippen LogP contribution in [0, 0.1) is 5.92 Å². The Hall–Kier alpha value is -2.38. The highest BCUT2D eigenvalue weighted by atomic mass is 35.5. The van der Waals surface area contributed by atoms with Gasteiger partial charge in [-0.05, 0) is 61.1 Å². The van der Waals surface area contributed by atoms with Crippen LogP contribution in [0.2, 0.25) is 5.02 Å². The fourth-order valence-electron chi connectivity index (χ4n) is 5.25. The second-order valence-electron chi connectivity index (χ2n) is 9.70. The molecule has 6 nitrogen and oxygen atoms in total. The molecule has 2 aliphatic heterocycles. The number of nitrogens with zero attached hydrogens (tertiary/aromatic N) is 3. The number of para-hydroxylation sites is 1. The maximum Gasteiger partial charge on any atom is 0.223 e. The number of amides is 1. The van der Waals surface area contributed by atoms with Gasteiger partial charge >= 0.3 is 0 Å². The van der Waals surface area contributed by atoms with E-state index >= 15 is 0 Å². The van der Waals surface area contributed by atoms with E-state index in [4.69, 9.17) is 16.3 Å². The van der Waals surface area contributed by atoms with Gasteiger partial charge in [-0.2, -0.15) is 0 Å². The summed E-state index contributed by atoms with van der Waals surface area (Å²) in [7, 11) is 0. The second-order valence-corrected chi connectivity index (χ2v) is 10.1. The summed E-state index contributed by atoms with van der Waals surface area (Å²) in [6.07, 6.45) is 1.83. The smallest absolute Gasteiger partial charge is 0.223 e. The Morgan fingerprint density at radius 1 is 0.943 bits per heavy atom. The van der Waals surface area contributed by atoms with Crippen LogP contribution in [-0.4, -0.2) is 72.8 Å². The summed E-state index contributed by atoms with van der Waals surface area (Å²) >= 11 is 6.10. The Bertz CT molecular complexity index is 1120. The van der Waals surface area contributed by atoms with Crippen molar-refractivity contribution in [3.8, 4) is 0 Å². The number of fused-ring (bicyclic) bond motifs is 1. The quantitative estimate of drug-likeness (QED) is 0.514. The van der Waals surface area contributed by atoms with Crippen molar-refractivity contribution in [2.45, 2.75) is 25.9 Å². The lowest BCUT2D eigenvalue weighted by molar-refractivity contribution is -0.126. The van der Waals surface area contributed by atoms with Gasteiger partial charge in [0.2, 0.25) is 5.91 Å². The van der Waals surface area contributed by atoms with Crippen molar-refractivity contribution in [3.63, 3.8) is 0 Å². The van der Waals surface area contributed by atoms with Crippen LogP contribution in [0.1, 0.15) is 24.1 Å². The van der Waals surface area contributed by atoms with Crippen molar-refractivity contribution >= 4 is 28.4 Å². The molecule has 7 heteroatoms. The first-order valence-electron chi connectivity index (χ1n) is 12.8. The van der Waals surface area contributed by atoms with Gasteiger partial charge in [-0.15, -0.1) is 0 Å². The molecule has 3 aromatic rings. The molecular formula is C28H35ClN4O2. The van der Waals surface area contributed by atoms with Crippen LogP contribution in [0.3, 0.4) is 0 Å². The fourth-order valence-corrected chi connectivity index (χ4v) is 5.37. The lowest BCUT2D eigenvalue weighted by Gasteiger charge is -2.32. The maximum atomic E-state index is 12.7. The molecule has 2 aliphatic rings. The number of carbonyl (C=O) groups is 1. The van der Waals surface area contributed by atoms with E-state index in [1.54, 1.807) is 0 Å². The molecule has 0 spiro atoms. The minimum atomic E-state index is 0.121. The third kappa shape index (κ3) is 6.25. The molecular weight excluding hydrogens is 460 g/mol. The van der Waals surface area contributed by atoms with Crippen molar-refractivity contribution in [1.82, 2.24) is 19.7 Å². The van der Waals surface area contributed by atoms with Crippen LogP contribution >= 0.6 is 11.6 Å². The van der Waals surface area contributed by atoms with Crippen LogP contribution in [0.4, 0.5) is 0 Å². The highest BCUT2D eigenvalue weighted by Gasteiger charge is 2.25. The molecule has 0 atom stereocenters. The first kappa shape index (κ1) is 24.3. The van der Waals surface area contributed by atoms with E-state index in [1.807, 2.05) is 12.1 Å². The summed E-state index contributed by atoms with van der Waals surface area (Å²) in [5, 5.41) is 5.20. The third-order valence-electron chi connectivity index (χ3n) is 7.33. The number of benzene rings is 2. The largest absolute Gasteiger partial charge is 0.379 e. The lowest BCUT2D eigenvalue weighted by atomic mass is 9.96. The molecule has 5 rings (SSSR count). The molecule has 35 heavy (non-hydrogen) atoms. The number of carbonyl (C=O) groups excluding carboxylic acids is 1. The van der Waals surface area contributed by atoms with Crippen molar-refractivity contribution in [1.29, 1.82) is 0 Å². The van der Waals surface area contributed by atoms with Gasteiger partial charge in [-0.1, -0.05) is 41.9 Å². The van der Waals surface area contributed by atoms with Gasteiger partial charge in [-0.3, -0.25) is 14.6 Å². The van der Waals surface area contributed by atoms with E-state index in [-0.39, 0.29) is 11.8 Å². The molecule has 1 N–H and O–H groups in total. The first-order valence-corrected chi connectivity index (χ1v) is 13.2. The molecule has 2 fully saturated rings. The number of rotatable bonds is 8. The minimum Gasteiger partial charge on any atom is -0.379 e. The standard InChI is InChI=1S/C28H35ClN4O2/c29-25-7-5-22(6-8-25)20-33-26(19-24-3-1-2-4-27(24)33)21-32-12-9-23(10-13-32)28(34)30-11-14-31-15-17-35-18-16-31/h1-8,19,23H,9-18,20-21H2,(H,30,34). The number of likely N-dealkylation sites (tertiary alicyclic amines) is 1. The van der Waals surface area contributed by atoms with E-state index < -0.39 is 0 Å². The van der Waals surface area contributed by atoms with Crippen LogP contribution < -0.4 is 5.32 Å². The molecule has 0 saturated carbocycles. The number of nitrogens with one attached hydrogen (secondary N) is 1. The monoisotopic (exact) mass is 494 g/mol. The predicted molar refractivity (Wildman–Crippen MR) is 141 cm³/mol. The van der Waals surface area contributed by atoms with Gasteiger partial charge in [0.1, 0.15) is 0 Å². The summed E-state index contributed by atoms with van der Waals surface area (Å²) in [6.45, 7) is 8.77. The molecule has 0 radical (unpaired) electrons. The van der Waals surface area contributed by atoms with Gasteiger partial charge < -0.3 is 14.6 Å². The van der Waals surface area contributed by atoms with Crippen molar-refractivity contribution in [2.24, 2.45) is 5.92 Å². The van der Waals surface area contributed by atoms with Crippen LogP contribution in [0.25, 0.3) is 10.9 Å². The Balaban J connectivity index is 1.16. The van der Waals surface area contributed by atoms with Crippen LogP contribution in [0.5, 0.6) is 0 Å². The van der Waals surface area contributed by atoms with Gasteiger partial charge in [0.15, 0.2) is 0 Å². The highest BCUT2D eigenvalue weighted by molar-refractivity contribution is 6.30.